The van der Waals surface area contributed by atoms with Crippen molar-refractivity contribution in [1.29, 1.82) is 0 Å². The molecule has 19 heteroatoms. The number of carbonyl (C=O) groups is 4. The number of hydrogen-bond acceptors (Lipinski definition) is 13. The SMILES string of the molecule is C=C1N=C(/C=C/C=C/C=C/C=C2/N(CCCCCC(=O)ON3C(=O)CCC3=O)c3ccc(S(=O)(=O)O)cc3C2(C)Cc2ccc(S(=O)(=O)O)s2)C(C)(C)/C1=C/C(=C\C)C(=O)N(C)OC. The van der Waals surface area contributed by atoms with Crippen molar-refractivity contribution >= 4 is 66.7 Å². The molecule has 5 rings (SSSR count). The lowest BCUT2D eigenvalue weighted by Gasteiger charge is -2.30. The van der Waals surface area contributed by atoms with E-state index in [1.54, 1.807) is 43.4 Å². The predicted molar refractivity (Wildman–Crippen MR) is 242 cm³/mol. The van der Waals surface area contributed by atoms with Gasteiger partial charge in [-0.2, -0.15) is 16.8 Å². The molecule has 64 heavy (non-hydrogen) atoms. The molecule has 16 nitrogen and oxygen atoms in total. The number of likely N-dealkylation sites (N-methyl/N-ethyl adjacent to an activating group) is 1. The third-order valence-electron chi connectivity index (χ3n) is 11.1. The van der Waals surface area contributed by atoms with Gasteiger partial charge in [-0.3, -0.25) is 33.3 Å². The summed E-state index contributed by atoms with van der Waals surface area (Å²) in [6.07, 6.45) is 17.9. The Kier molecular flexibility index (Phi) is 15.5. The Bertz CT molecular complexity index is 2650. The van der Waals surface area contributed by atoms with Crippen LogP contribution in [0.5, 0.6) is 0 Å². The predicted octanol–water partition coefficient (Wildman–Crippen LogP) is 7.17. The van der Waals surface area contributed by atoms with Crippen molar-refractivity contribution in [3.8, 4) is 0 Å². The molecule has 1 aromatic heterocycles. The Labute approximate surface area is 377 Å². The van der Waals surface area contributed by atoms with Gasteiger partial charge in [0.1, 0.15) is 4.21 Å². The average molecular weight is 937 g/mol. The Morgan fingerprint density at radius 1 is 0.953 bits per heavy atom. The zero-order chi connectivity index (χ0) is 47.2. The number of amides is 3. The van der Waals surface area contributed by atoms with Crippen LogP contribution >= 0.6 is 11.3 Å². The minimum Gasteiger partial charge on any atom is -0.344 e. The molecule has 342 valence electrons. The van der Waals surface area contributed by atoms with Gasteiger partial charge in [-0.05, 0) is 92.8 Å². The summed E-state index contributed by atoms with van der Waals surface area (Å²) in [5, 5.41) is 1.65. The maximum atomic E-state index is 12.8. The number of rotatable bonds is 18. The third kappa shape index (κ3) is 11.2. The van der Waals surface area contributed by atoms with Crippen LogP contribution in [0, 0.1) is 5.41 Å². The van der Waals surface area contributed by atoms with E-state index in [0.29, 0.717) is 58.3 Å². The Hall–Kier alpha value is -5.57. The maximum absolute atomic E-state index is 12.8. The van der Waals surface area contributed by atoms with Crippen LogP contribution in [0.4, 0.5) is 5.69 Å². The molecule has 3 amide bonds. The van der Waals surface area contributed by atoms with E-state index < -0.39 is 48.8 Å². The molecule has 1 aromatic carbocycles. The summed E-state index contributed by atoms with van der Waals surface area (Å²) in [4.78, 5) is 66.0. The molecule has 1 saturated heterocycles. The van der Waals surface area contributed by atoms with E-state index in [1.807, 2.05) is 56.1 Å². The van der Waals surface area contributed by atoms with Crippen molar-refractivity contribution in [2.75, 3.05) is 25.6 Å². The number of thiophene rings is 1. The van der Waals surface area contributed by atoms with Crippen molar-refractivity contribution in [1.82, 2.24) is 10.1 Å². The first-order chi connectivity index (χ1) is 30.0. The average Bonchev–Trinajstić information content (AvgIpc) is 3.94. The van der Waals surface area contributed by atoms with E-state index in [4.69, 9.17) is 9.68 Å². The second-order valence-corrected chi connectivity index (χ2v) is 20.1. The first kappa shape index (κ1) is 49.4. The lowest BCUT2D eigenvalue weighted by molar-refractivity contribution is -0.197. The Morgan fingerprint density at radius 2 is 1.62 bits per heavy atom. The number of allylic oxidation sites excluding steroid dienone is 10. The molecular formula is C45H52N4O12S3. The molecule has 0 bridgehead atoms. The zero-order valence-electron chi connectivity index (χ0n) is 36.4. The number of hydrogen-bond donors (Lipinski definition) is 2. The van der Waals surface area contributed by atoms with Gasteiger partial charge in [-0.1, -0.05) is 63.3 Å². The first-order valence-corrected chi connectivity index (χ1v) is 24.0. The van der Waals surface area contributed by atoms with Crippen molar-refractivity contribution in [3.05, 3.63) is 125 Å². The molecule has 2 N–H and O–H groups in total. The summed E-state index contributed by atoms with van der Waals surface area (Å²) < 4.78 is 68.3. The number of carbonyl (C=O) groups excluding carboxylic acids is 4. The van der Waals surface area contributed by atoms with Crippen molar-refractivity contribution in [2.24, 2.45) is 10.4 Å². The number of imide groups is 1. The summed E-state index contributed by atoms with van der Waals surface area (Å²) in [5.41, 5.74) is 2.86. The number of aliphatic imine (C=N–C) groups is 1. The summed E-state index contributed by atoms with van der Waals surface area (Å²) in [5.74, 6) is -2.14. The molecule has 0 spiro atoms. The smallest absolute Gasteiger partial charge is 0.333 e. The highest BCUT2D eigenvalue weighted by Crippen LogP contribution is 2.51. The number of benzene rings is 1. The van der Waals surface area contributed by atoms with E-state index in [9.17, 15) is 45.1 Å². The van der Waals surface area contributed by atoms with Crippen LogP contribution in [0.3, 0.4) is 0 Å². The first-order valence-electron chi connectivity index (χ1n) is 20.3. The quantitative estimate of drug-likeness (QED) is 0.0379. The van der Waals surface area contributed by atoms with Crippen molar-refractivity contribution in [2.45, 2.75) is 87.2 Å². The van der Waals surface area contributed by atoms with Crippen LogP contribution in [0.15, 0.2) is 128 Å². The van der Waals surface area contributed by atoms with Gasteiger partial charge in [0.05, 0.1) is 23.4 Å². The summed E-state index contributed by atoms with van der Waals surface area (Å²) in [7, 11) is -6.16. The van der Waals surface area contributed by atoms with Gasteiger partial charge >= 0.3 is 16.1 Å². The van der Waals surface area contributed by atoms with Gasteiger partial charge in [-0.15, -0.1) is 16.4 Å². The molecule has 1 atom stereocenters. The maximum Gasteiger partial charge on any atom is 0.333 e. The lowest BCUT2D eigenvalue weighted by Crippen LogP contribution is -2.32. The van der Waals surface area contributed by atoms with Crippen molar-refractivity contribution in [3.63, 3.8) is 0 Å². The summed E-state index contributed by atoms with van der Waals surface area (Å²) in [6.45, 7) is 12.1. The second kappa shape index (κ2) is 20.1. The normalized spacial score (nSPS) is 20.5. The number of unbranched alkanes of at least 4 members (excludes halogenated alkanes) is 2. The fourth-order valence-corrected chi connectivity index (χ4v) is 9.99. The van der Waals surface area contributed by atoms with Gasteiger partial charge in [-0.25, -0.2) is 9.86 Å². The van der Waals surface area contributed by atoms with Crippen LogP contribution in [0.25, 0.3) is 0 Å². The van der Waals surface area contributed by atoms with Gasteiger partial charge in [0.2, 0.25) is 0 Å². The molecule has 3 aliphatic heterocycles. The molecule has 0 saturated carbocycles. The van der Waals surface area contributed by atoms with Gasteiger partial charge in [0, 0.05) is 65.5 Å². The summed E-state index contributed by atoms with van der Waals surface area (Å²) >= 11 is 0.886. The monoisotopic (exact) mass is 936 g/mol. The number of fused-ring (bicyclic) bond motifs is 1. The minimum atomic E-state index is -4.62. The topological polar surface area (TPSA) is 218 Å². The van der Waals surface area contributed by atoms with Gasteiger partial charge < -0.3 is 9.74 Å². The number of nitrogens with zero attached hydrogens (tertiary/aromatic N) is 4. The van der Waals surface area contributed by atoms with Gasteiger partial charge in [0.25, 0.3) is 27.8 Å². The summed E-state index contributed by atoms with van der Waals surface area (Å²) in [6, 6.07) is 7.19. The van der Waals surface area contributed by atoms with E-state index in [2.05, 4.69) is 11.6 Å². The number of hydroxylamine groups is 4. The third-order valence-corrected chi connectivity index (χ3v) is 14.4. The molecule has 3 aliphatic rings. The van der Waals surface area contributed by atoms with E-state index in [0.717, 1.165) is 33.4 Å². The van der Waals surface area contributed by atoms with Crippen LogP contribution in [0.2, 0.25) is 0 Å². The van der Waals surface area contributed by atoms with Crippen LogP contribution < -0.4 is 4.90 Å². The van der Waals surface area contributed by atoms with E-state index in [1.165, 1.54) is 32.4 Å². The lowest BCUT2D eigenvalue weighted by atomic mass is 9.78. The molecule has 1 fully saturated rings. The molecular weight excluding hydrogens is 885 g/mol. The minimum absolute atomic E-state index is 0.0103. The standard InChI is InChI=1S/C45H52N4O12S3/c1-8-31(43(53)47(6)60-7)27-34-30(2)46-37(44(34,3)4)17-13-10-9-11-14-18-38-45(5,29-32-20-25-42(62-32)64(57,58)59)35-28-33(63(54,55)56)21-22-36(35)48(38)26-16-12-15-19-41(52)61-49-39(50)23-24-40(49)51/h8-11,13-14,17-18,20-22,25,27-28H,2,12,15-16,19,23-24,26,29H2,1,3-7H3,(H,54,55,56)(H,57,58,59)/b10-9+,14-11+,17-13+,31-8+,34-27+,38-18+. The van der Waals surface area contributed by atoms with Crippen molar-refractivity contribution < 1.29 is 54.8 Å². The van der Waals surface area contributed by atoms with Crippen LogP contribution in [-0.4, -0.2) is 86.2 Å². The highest BCUT2D eigenvalue weighted by atomic mass is 32.3. The van der Waals surface area contributed by atoms with E-state index >= 15 is 0 Å². The largest absolute Gasteiger partial charge is 0.344 e. The highest BCUT2D eigenvalue weighted by Gasteiger charge is 2.44. The molecule has 4 heterocycles. The molecule has 2 aromatic rings. The zero-order valence-corrected chi connectivity index (χ0v) is 38.9. The van der Waals surface area contributed by atoms with Crippen LogP contribution in [0.1, 0.15) is 76.7 Å². The van der Waals surface area contributed by atoms with Crippen LogP contribution in [-0.2, 0) is 60.9 Å². The fourth-order valence-electron chi connectivity index (χ4n) is 7.61. The van der Waals surface area contributed by atoms with Gasteiger partial charge in [0.15, 0.2) is 0 Å². The number of anilines is 1. The highest BCUT2D eigenvalue weighted by molar-refractivity contribution is 7.88. The Balaban J connectivity index is 1.40. The van der Waals surface area contributed by atoms with E-state index in [-0.39, 0.29) is 40.7 Å². The Morgan fingerprint density at radius 3 is 2.25 bits per heavy atom. The molecule has 0 aliphatic carbocycles. The second-order valence-electron chi connectivity index (χ2n) is 15.9. The molecule has 1 unspecified atom stereocenters. The fraction of sp³-hybridized carbons (Fsp3) is 0.356. The molecule has 0 radical (unpaired) electrons.